The van der Waals surface area contributed by atoms with E-state index in [1.807, 2.05) is 60.8 Å². The SMILES string of the molecule is CC\C=C/C=C\C=C/C=C\C=C\C=C/CCCCCC(=O)OCC(COC(=O)CCC/C=C\C/C=C\C/C=C\CC)OC(=O)CCCCCCCCC/C=C\CCCCCCCC. The molecule has 0 radical (unpaired) electrons. The molecular weight excluding hydrogens is 781 g/mol. The highest BCUT2D eigenvalue weighted by atomic mass is 16.6. The molecule has 0 aliphatic rings. The van der Waals surface area contributed by atoms with Crippen LogP contribution < -0.4 is 0 Å². The highest BCUT2D eigenvalue weighted by Crippen LogP contribution is 2.13. The Balaban J connectivity index is 4.53. The third-order valence-electron chi connectivity index (χ3n) is 10.1. The minimum atomic E-state index is -0.821. The zero-order valence-electron chi connectivity index (χ0n) is 40.3. The Morgan fingerprint density at radius 3 is 1.25 bits per heavy atom. The molecule has 0 spiro atoms. The minimum Gasteiger partial charge on any atom is -0.462 e. The molecule has 0 saturated carbocycles. The highest BCUT2D eigenvalue weighted by molar-refractivity contribution is 5.71. The fourth-order valence-corrected chi connectivity index (χ4v) is 6.37. The van der Waals surface area contributed by atoms with Gasteiger partial charge in [0, 0.05) is 19.3 Å². The molecule has 0 rings (SSSR count). The van der Waals surface area contributed by atoms with Gasteiger partial charge in [0.05, 0.1) is 0 Å². The van der Waals surface area contributed by atoms with Crippen LogP contribution >= 0.6 is 0 Å². The van der Waals surface area contributed by atoms with Gasteiger partial charge in [-0.3, -0.25) is 14.4 Å². The maximum absolute atomic E-state index is 12.8. The number of allylic oxidation sites excluding steroid dienone is 20. The van der Waals surface area contributed by atoms with Gasteiger partial charge in [0.25, 0.3) is 0 Å². The Hall–Kier alpha value is -4.19. The molecule has 6 nitrogen and oxygen atoms in total. The van der Waals surface area contributed by atoms with Crippen molar-refractivity contribution in [1.29, 1.82) is 0 Å². The van der Waals surface area contributed by atoms with Crippen molar-refractivity contribution < 1.29 is 28.6 Å². The van der Waals surface area contributed by atoms with Gasteiger partial charge in [-0.25, -0.2) is 0 Å². The van der Waals surface area contributed by atoms with Crippen molar-refractivity contribution in [2.75, 3.05) is 13.2 Å². The van der Waals surface area contributed by atoms with Gasteiger partial charge in [-0.15, -0.1) is 0 Å². The van der Waals surface area contributed by atoms with E-state index in [0.717, 1.165) is 77.0 Å². The van der Waals surface area contributed by atoms with Gasteiger partial charge < -0.3 is 14.2 Å². The van der Waals surface area contributed by atoms with Crippen molar-refractivity contribution in [2.45, 2.75) is 207 Å². The first-order valence-corrected chi connectivity index (χ1v) is 25.1. The predicted molar refractivity (Wildman–Crippen MR) is 269 cm³/mol. The summed E-state index contributed by atoms with van der Waals surface area (Å²) in [5, 5.41) is 0. The summed E-state index contributed by atoms with van der Waals surface area (Å²) >= 11 is 0. The predicted octanol–water partition coefficient (Wildman–Crippen LogP) is 16.5. The van der Waals surface area contributed by atoms with Gasteiger partial charge >= 0.3 is 17.9 Å². The van der Waals surface area contributed by atoms with Gasteiger partial charge in [-0.05, 0) is 89.9 Å². The zero-order chi connectivity index (χ0) is 45.8. The summed E-state index contributed by atoms with van der Waals surface area (Å²) in [6.45, 7) is 6.26. The maximum Gasteiger partial charge on any atom is 0.306 e. The molecule has 0 aliphatic carbocycles. The molecule has 0 aromatic heterocycles. The van der Waals surface area contributed by atoms with Crippen LogP contribution in [0.3, 0.4) is 0 Å². The van der Waals surface area contributed by atoms with Crippen LogP contribution in [0, 0.1) is 0 Å². The van der Waals surface area contributed by atoms with E-state index < -0.39 is 6.10 Å². The second kappa shape index (κ2) is 50.5. The summed E-state index contributed by atoms with van der Waals surface area (Å²) in [6, 6.07) is 0. The minimum absolute atomic E-state index is 0.122. The lowest BCUT2D eigenvalue weighted by Gasteiger charge is -2.18. The molecule has 6 heteroatoms. The molecule has 0 fully saturated rings. The summed E-state index contributed by atoms with van der Waals surface area (Å²) < 4.78 is 16.7. The molecule has 0 aromatic carbocycles. The second-order valence-electron chi connectivity index (χ2n) is 16.1. The van der Waals surface area contributed by atoms with Crippen LogP contribution in [-0.2, 0) is 28.6 Å². The third-order valence-corrected chi connectivity index (χ3v) is 10.1. The lowest BCUT2D eigenvalue weighted by molar-refractivity contribution is -0.167. The summed E-state index contributed by atoms with van der Waals surface area (Å²) in [5.41, 5.74) is 0. The molecule has 0 bridgehead atoms. The summed E-state index contributed by atoms with van der Waals surface area (Å²) in [5.74, 6) is -1.03. The molecule has 0 saturated heterocycles. The summed E-state index contributed by atoms with van der Waals surface area (Å²) in [6.07, 6.45) is 69.0. The number of unbranched alkanes of at least 4 members (excludes halogenated alkanes) is 17. The lowest BCUT2D eigenvalue weighted by atomic mass is 10.1. The Morgan fingerprint density at radius 1 is 0.349 bits per heavy atom. The number of rotatable bonds is 43. The molecular formula is C57H90O6. The Bertz CT molecular complexity index is 1370. The Labute approximate surface area is 386 Å². The monoisotopic (exact) mass is 871 g/mol. The lowest BCUT2D eigenvalue weighted by Crippen LogP contribution is -2.30. The summed E-state index contributed by atoms with van der Waals surface area (Å²) in [7, 11) is 0. The maximum atomic E-state index is 12.8. The van der Waals surface area contributed by atoms with E-state index in [1.165, 1.54) is 77.0 Å². The van der Waals surface area contributed by atoms with Gasteiger partial charge in [0.1, 0.15) is 13.2 Å². The van der Waals surface area contributed by atoms with Crippen molar-refractivity contribution in [3.63, 3.8) is 0 Å². The molecule has 1 atom stereocenters. The number of ether oxygens (including phenoxy) is 3. The summed E-state index contributed by atoms with van der Waals surface area (Å²) in [4.78, 5) is 37.9. The van der Waals surface area contributed by atoms with Crippen molar-refractivity contribution in [2.24, 2.45) is 0 Å². The van der Waals surface area contributed by atoms with Gasteiger partial charge in [0.2, 0.25) is 0 Å². The normalized spacial score (nSPS) is 13.1. The topological polar surface area (TPSA) is 78.9 Å². The van der Waals surface area contributed by atoms with Crippen molar-refractivity contribution >= 4 is 17.9 Å². The molecule has 0 amide bonds. The molecule has 0 aromatic rings. The number of hydrogen-bond acceptors (Lipinski definition) is 6. The van der Waals surface area contributed by atoms with E-state index in [-0.39, 0.29) is 37.5 Å². The van der Waals surface area contributed by atoms with Crippen molar-refractivity contribution in [1.82, 2.24) is 0 Å². The molecule has 1 unspecified atom stereocenters. The van der Waals surface area contributed by atoms with Crippen LogP contribution in [0.25, 0.3) is 0 Å². The first-order chi connectivity index (χ1) is 31.0. The van der Waals surface area contributed by atoms with E-state index in [1.54, 1.807) is 0 Å². The zero-order valence-corrected chi connectivity index (χ0v) is 40.3. The van der Waals surface area contributed by atoms with E-state index in [2.05, 4.69) is 81.5 Å². The van der Waals surface area contributed by atoms with Gasteiger partial charge in [0.15, 0.2) is 6.10 Å². The standard InChI is InChI=1S/C57H90O6/c1-4-7-10-13-16-19-22-24-26-28-30-32-35-38-41-44-47-50-56(59)62-53-54(52-61-55(58)49-46-43-40-37-34-21-18-15-12-9-6-3)63-57(60)51-48-45-42-39-36-33-31-29-27-25-23-20-17-14-11-8-5-2/h7,9-10,12-13,16,18-19,21-22,24-28,30,32,35,37,40,54H,4-6,8,11,14-15,17,20,23,29,31,33-34,36,38-39,41-53H2,1-3H3/b10-7-,12-9-,16-13-,21-18-,22-19-,26-24-,27-25-,30-28+,35-32-,40-37-. The quantitative estimate of drug-likeness (QED) is 0.0200. The third kappa shape index (κ3) is 48.7. The van der Waals surface area contributed by atoms with E-state index in [4.69, 9.17) is 14.2 Å². The number of carbonyl (C=O) groups is 3. The fraction of sp³-hybridized carbons (Fsp3) is 0.596. The number of hydrogen-bond donors (Lipinski definition) is 0. The van der Waals surface area contributed by atoms with E-state index in [0.29, 0.717) is 19.3 Å². The largest absolute Gasteiger partial charge is 0.462 e. The van der Waals surface area contributed by atoms with Crippen LogP contribution in [0.4, 0.5) is 0 Å². The first kappa shape index (κ1) is 58.8. The molecule has 0 heterocycles. The van der Waals surface area contributed by atoms with Gasteiger partial charge in [-0.1, -0.05) is 213 Å². The molecule has 0 N–H and O–H groups in total. The average molecular weight is 871 g/mol. The van der Waals surface area contributed by atoms with Crippen molar-refractivity contribution in [3.8, 4) is 0 Å². The van der Waals surface area contributed by atoms with Gasteiger partial charge in [-0.2, -0.15) is 0 Å². The molecule has 354 valence electrons. The first-order valence-electron chi connectivity index (χ1n) is 25.1. The fourth-order valence-electron chi connectivity index (χ4n) is 6.37. The Kier molecular flexibility index (Phi) is 47.1. The van der Waals surface area contributed by atoms with Crippen LogP contribution in [0.1, 0.15) is 201 Å². The Morgan fingerprint density at radius 2 is 0.714 bits per heavy atom. The van der Waals surface area contributed by atoms with Crippen LogP contribution in [-0.4, -0.2) is 37.2 Å². The van der Waals surface area contributed by atoms with Crippen molar-refractivity contribution in [3.05, 3.63) is 122 Å². The average Bonchev–Trinajstić information content (AvgIpc) is 3.28. The number of carbonyl (C=O) groups excluding carboxylic acids is 3. The second-order valence-corrected chi connectivity index (χ2v) is 16.1. The van der Waals surface area contributed by atoms with Crippen LogP contribution in [0.15, 0.2) is 122 Å². The number of esters is 3. The van der Waals surface area contributed by atoms with E-state index in [9.17, 15) is 14.4 Å². The van der Waals surface area contributed by atoms with Crippen LogP contribution in [0.5, 0.6) is 0 Å². The molecule has 0 aliphatic heterocycles. The van der Waals surface area contributed by atoms with E-state index >= 15 is 0 Å². The van der Waals surface area contributed by atoms with Crippen LogP contribution in [0.2, 0.25) is 0 Å². The molecule has 63 heavy (non-hydrogen) atoms. The smallest absolute Gasteiger partial charge is 0.306 e. The highest BCUT2D eigenvalue weighted by Gasteiger charge is 2.19.